The van der Waals surface area contributed by atoms with Gasteiger partial charge in [-0.3, -0.25) is 4.79 Å². The van der Waals surface area contributed by atoms with Crippen molar-refractivity contribution in [2.45, 2.75) is 0 Å². The second-order valence-electron chi connectivity index (χ2n) is 3.70. The van der Waals surface area contributed by atoms with Crippen LogP contribution in [0.25, 0.3) is 22.4 Å². The van der Waals surface area contributed by atoms with Crippen LogP contribution in [-0.2, 0) is 0 Å². The summed E-state index contributed by atoms with van der Waals surface area (Å²) in [6.45, 7) is 0. The topological polar surface area (TPSA) is 79.1 Å². The molecule has 0 aliphatic rings. The van der Waals surface area contributed by atoms with Crippen molar-refractivity contribution >= 4 is 26.9 Å². The van der Waals surface area contributed by atoms with Crippen molar-refractivity contribution in [1.82, 2.24) is 9.97 Å². The van der Waals surface area contributed by atoms with Crippen LogP contribution in [-0.4, -0.2) is 15.1 Å². The van der Waals surface area contributed by atoms with E-state index in [1.165, 1.54) is 6.26 Å². The number of aromatic nitrogens is 2. The van der Waals surface area contributed by atoms with Gasteiger partial charge in [-0.1, -0.05) is 18.2 Å². The van der Waals surface area contributed by atoms with Gasteiger partial charge >= 0.3 is 0 Å². The minimum atomic E-state index is -0.442. The van der Waals surface area contributed by atoms with E-state index in [0.29, 0.717) is 11.1 Å². The van der Waals surface area contributed by atoms with Crippen LogP contribution >= 0.6 is 15.9 Å². The fourth-order valence-corrected chi connectivity index (χ4v) is 1.92. The molecule has 5 nitrogen and oxygen atoms in total. The number of furan rings is 1. The van der Waals surface area contributed by atoms with Gasteiger partial charge in [0.05, 0.1) is 5.56 Å². The third kappa shape index (κ3) is 1.62. The summed E-state index contributed by atoms with van der Waals surface area (Å²) in [4.78, 5) is 18.1. The molecule has 0 atom stereocenters. The average molecular weight is 307 g/mol. The molecule has 0 spiro atoms. The largest absolute Gasteiger partial charge is 0.492 e. The van der Waals surface area contributed by atoms with Crippen LogP contribution in [0.4, 0.5) is 0 Å². The monoisotopic (exact) mass is 306 g/mol. The van der Waals surface area contributed by atoms with E-state index in [0.717, 1.165) is 5.39 Å². The maximum atomic E-state index is 11.6. The lowest BCUT2D eigenvalue weighted by atomic mass is 10.1. The lowest BCUT2D eigenvalue weighted by molar-refractivity contribution is 0.448. The van der Waals surface area contributed by atoms with Crippen molar-refractivity contribution in [2.24, 2.45) is 0 Å². The Balaban J connectivity index is 2.30. The van der Waals surface area contributed by atoms with E-state index in [9.17, 15) is 9.90 Å². The number of benzene rings is 1. The lowest BCUT2D eigenvalue weighted by Crippen LogP contribution is -2.09. The molecule has 3 aromatic rings. The van der Waals surface area contributed by atoms with Crippen LogP contribution in [0.15, 0.2) is 44.2 Å². The Hall–Kier alpha value is -2.08. The Kier molecular flexibility index (Phi) is 2.45. The Bertz CT molecular complexity index is 791. The van der Waals surface area contributed by atoms with Crippen LogP contribution in [0.2, 0.25) is 0 Å². The number of rotatable bonds is 1. The number of nitrogens with zero attached hydrogens (tertiary/aromatic N) is 1. The average Bonchev–Trinajstić information content (AvgIpc) is 2.79. The predicted molar refractivity (Wildman–Crippen MR) is 69.4 cm³/mol. The molecule has 0 fully saturated rings. The second-order valence-corrected chi connectivity index (χ2v) is 4.49. The summed E-state index contributed by atoms with van der Waals surface area (Å²) in [5, 5.41) is 10.4. The normalized spacial score (nSPS) is 10.9. The Morgan fingerprint density at radius 1 is 1.33 bits per heavy atom. The first kappa shape index (κ1) is 11.0. The van der Waals surface area contributed by atoms with Gasteiger partial charge in [0.2, 0.25) is 5.88 Å². The van der Waals surface area contributed by atoms with Crippen LogP contribution in [0, 0.1) is 0 Å². The van der Waals surface area contributed by atoms with E-state index in [2.05, 4.69) is 25.9 Å². The molecule has 18 heavy (non-hydrogen) atoms. The quantitative estimate of drug-likeness (QED) is 0.724. The molecule has 90 valence electrons. The molecule has 0 saturated heterocycles. The first-order valence-corrected chi connectivity index (χ1v) is 5.91. The molecule has 0 saturated carbocycles. The standard InChI is InChI=1S/C12H7BrN2O3/c13-9-11(16)14-10(15-12(9)17)7-5-18-8-4-2-1-3-6(7)8/h1-5H,(H2,14,15,16,17). The molecule has 0 unspecified atom stereocenters. The maximum Gasteiger partial charge on any atom is 0.269 e. The van der Waals surface area contributed by atoms with Crippen molar-refractivity contribution in [3.63, 3.8) is 0 Å². The zero-order chi connectivity index (χ0) is 12.7. The van der Waals surface area contributed by atoms with Gasteiger partial charge in [0.15, 0.2) is 0 Å². The van der Waals surface area contributed by atoms with Crippen LogP contribution < -0.4 is 5.56 Å². The number of fused-ring (bicyclic) bond motifs is 1. The number of hydrogen-bond acceptors (Lipinski definition) is 4. The number of aromatic amines is 1. The number of aromatic hydroxyl groups is 1. The van der Waals surface area contributed by atoms with Gasteiger partial charge in [-0.15, -0.1) is 0 Å². The highest BCUT2D eigenvalue weighted by Gasteiger charge is 2.13. The molecular formula is C12H7BrN2O3. The van der Waals surface area contributed by atoms with Gasteiger partial charge in [-0.25, -0.2) is 0 Å². The number of para-hydroxylation sites is 1. The molecule has 0 radical (unpaired) electrons. The second kappa shape index (κ2) is 3.99. The van der Waals surface area contributed by atoms with E-state index < -0.39 is 5.56 Å². The summed E-state index contributed by atoms with van der Waals surface area (Å²) in [5.41, 5.74) is 0.880. The van der Waals surface area contributed by atoms with Crippen LogP contribution in [0.1, 0.15) is 0 Å². The molecule has 0 amide bonds. The van der Waals surface area contributed by atoms with Crippen molar-refractivity contribution in [2.75, 3.05) is 0 Å². The number of halogens is 1. The SMILES string of the molecule is O=c1[nH]c(-c2coc3ccccc23)nc(O)c1Br. The summed E-state index contributed by atoms with van der Waals surface area (Å²) in [7, 11) is 0. The molecule has 3 rings (SSSR count). The highest BCUT2D eigenvalue weighted by molar-refractivity contribution is 9.10. The molecule has 1 aromatic carbocycles. The minimum absolute atomic E-state index is 0.0130. The molecule has 0 aliphatic carbocycles. The highest BCUT2D eigenvalue weighted by atomic mass is 79.9. The summed E-state index contributed by atoms with van der Waals surface area (Å²) >= 11 is 2.95. The van der Waals surface area contributed by atoms with Crippen LogP contribution in [0.5, 0.6) is 5.88 Å². The maximum absolute atomic E-state index is 11.6. The first-order chi connectivity index (χ1) is 8.66. The number of H-pyrrole nitrogens is 1. The van der Waals surface area contributed by atoms with E-state index in [-0.39, 0.29) is 16.2 Å². The minimum Gasteiger partial charge on any atom is -0.492 e. The van der Waals surface area contributed by atoms with Crippen molar-refractivity contribution in [3.8, 4) is 17.3 Å². The molecule has 0 bridgehead atoms. The summed E-state index contributed by atoms with van der Waals surface area (Å²) < 4.78 is 5.37. The van der Waals surface area contributed by atoms with E-state index in [1.54, 1.807) is 0 Å². The third-order valence-corrected chi connectivity index (χ3v) is 3.30. The van der Waals surface area contributed by atoms with Gasteiger partial charge in [0.25, 0.3) is 5.56 Å². The van der Waals surface area contributed by atoms with Gasteiger partial charge in [0, 0.05) is 5.39 Å². The van der Waals surface area contributed by atoms with Crippen LogP contribution in [0.3, 0.4) is 0 Å². The molecular weight excluding hydrogens is 300 g/mol. The van der Waals surface area contributed by atoms with E-state index in [4.69, 9.17) is 4.42 Å². The van der Waals surface area contributed by atoms with Crippen molar-refractivity contribution in [3.05, 3.63) is 45.4 Å². The third-order valence-electron chi connectivity index (χ3n) is 2.58. The molecule has 2 aromatic heterocycles. The Morgan fingerprint density at radius 3 is 2.89 bits per heavy atom. The zero-order valence-electron chi connectivity index (χ0n) is 8.98. The molecule has 2 N–H and O–H groups in total. The smallest absolute Gasteiger partial charge is 0.269 e. The van der Waals surface area contributed by atoms with Crippen molar-refractivity contribution < 1.29 is 9.52 Å². The van der Waals surface area contributed by atoms with Gasteiger partial charge < -0.3 is 14.5 Å². The summed E-state index contributed by atoms with van der Waals surface area (Å²) in [6.07, 6.45) is 1.50. The van der Waals surface area contributed by atoms with Crippen molar-refractivity contribution in [1.29, 1.82) is 0 Å². The molecule has 2 heterocycles. The fraction of sp³-hybridized carbons (Fsp3) is 0. The number of nitrogens with one attached hydrogen (secondary N) is 1. The lowest BCUT2D eigenvalue weighted by Gasteiger charge is -2.00. The Labute approximate surface area is 109 Å². The molecule has 6 heteroatoms. The fourth-order valence-electron chi connectivity index (χ4n) is 1.74. The summed E-state index contributed by atoms with van der Waals surface area (Å²) in [5.74, 6) is -0.0790. The van der Waals surface area contributed by atoms with E-state index >= 15 is 0 Å². The summed E-state index contributed by atoms with van der Waals surface area (Å²) in [6, 6.07) is 7.38. The number of hydrogen-bond donors (Lipinski definition) is 2. The molecule has 0 aliphatic heterocycles. The predicted octanol–water partition coefficient (Wildman–Crippen LogP) is 2.65. The van der Waals surface area contributed by atoms with Gasteiger partial charge in [-0.2, -0.15) is 4.98 Å². The zero-order valence-corrected chi connectivity index (χ0v) is 10.6. The van der Waals surface area contributed by atoms with Gasteiger partial charge in [0.1, 0.15) is 22.1 Å². The van der Waals surface area contributed by atoms with E-state index in [1.807, 2.05) is 24.3 Å². The van der Waals surface area contributed by atoms with Gasteiger partial charge in [-0.05, 0) is 22.0 Å². The Morgan fingerprint density at radius 2 is 2.11 bits per heavy atom. The highest BCUT2D eigenvalue weighted by Crippen LogP contribution is 2.29. The first-order valence-electron chi connectivity index (χ1n) is 5.12.